The van der Waals surface area contributed by atoms with Gasteiger partial charge in [0.1, 0.15) is 11.9 Å². The molecule has 2 rings (SSSR count). The normalized spacial score (nSPS) is 9.95. The van der Waals surface area contributed by atoms with Crippen molar-refractivity contribution in [1.29, 1.82) is 5.26 Å². The van der Waals surface area contributed by atoms with Crippen molar-refractivity contribution in [2.45, 2.75) is 6.61 Å². The van der Waals surface area contributed by atoms with E-state index in [0.717, 1.165) is 11.6 Å². The van der Waals surface area contributed by atoms with Gasteiger partial charge >= 0.3 is 0 Å². The van der Waals surface area contributed by atoms with Crippen LogP contribution >= 0.6 is 0 Å². The number of halogens is 1. The van der Waals surface area contributed by atoms with Crippen molar-refractivity contribution >= 4 is 11.6 Å². The molecule has 0 radical (unpaired) electrons. The van der Waals surface area contributed by atoms with Crippen LogP contribution in [0.4, 0.5) is 10.1 Å². The van der Waals surface area contributed by atoms with Crippen molar-refractivity contribution in [3.05, 3.63) is 65.0 Å². The highest BCUT2D eigenvalue weighted by molar-refractivity contribution is 6.05. The topological polar surface area (TPSA) is 62.1 Å². The summed E-state index contributed by atoms with van der Waals surface area (Å²) in [5.41, 5.74) is 1.48. The second-order valence-corrected chi connectivity index (χ2v) is 4.35. The van der Waals surface area contributed by atoms with E-state index < -0.39 is 5.82 Å². The standard InChI is InChI=1S/C16H13FN2O2/c1-21-10-11-4-2-3-5-14(11)16(20)19-13-6-7-15(17)12(8-13)9-18/h2-8H,10H2,1H3,(H,19,20). The van der Waals surface area contributed by atoms with Gasteiger partial charge in [-0.2, -0.15) is 5.26 Å². The molecule has 2 aromatic rings. The van der Waals surface area contributed by atoms with E-state index in [1.807, 2.05) is 6.07 Å². The molecule has 0 aromatic heterocycles. The summed E-state index contributed by atoms with van der Waals surface area (Å²) in [4.78, 5) is 12.3. The molecule has 0 aliphatic heterocycles. The molecule has 0 unspecified atom stereocenters. The van der Waals surface area contributed by atoms with Crippen LogP contribution in [-0.4, -0.2) is 13.0 Å². The van der Waals surface area contributed by atoms with Crippen LogP contribution in [0.25, 0.3) is 0 Å². The van der Waals surface area contributed by atoms with Crippen LogP contribution in [0.1, 0.15) is 21.5 Å². The molecule has 1 amide bonds. The van der Waals surface area contributed by atoms with E-state index in [0.29, 0.717) is 17.9 Å². The first kappa shape index (κ1) is 14.7. The SMILES string of the molecule is COCc1ccccc1C(=O)Nc1ccc(F)c(C#N)c1. The van der Waals surface area contributed by atoms with Gasteiger partial charge in [0.05, 0.1) is 12.2 Å². The van der Waals surface area contributed by atoms with Crippen molar-refractivity contribution in [1.82, 2.24) is 0 Å². The highest BCUT2D eigenvalue weighted by atomic mass is 19.1. The zero-order valence-electron chi connectivity index (χ0n) is 11.4. The molecule has 106 valence electrons. The molecule has 21 heavy (non-hydrogen) atoms. The van der Waals surface area contributed by atoms with E-state index in [4.69, 9.17) is 10.00 Å². The number of hydrogen-bond donors (Lipinski definition) is 1. The minimum absolute atomic E-state index is 0.113. The summed E-state index contributed by atoms with van der Waals surface area (Å²) < 4.78 is 18.3. The Morgan fingerprint density at radius 3 is 2.81 bits per heavy atom. The number of hydrogen-bond acceptors (Lipinski definition) is 3. The minimum atomic E-state index is -0.615. The molecule has 2 aromatic carbocycles. The lowest BCUT2D eigenvalue weighted by atomic mass is 10.1. The molecule has 0 aliphatic rings. The second kappa shape index (κ2) is 6.64. The molecule has 0 heterocycles. The van der Waals surface area contributed by atoms with Crippen LogP contribution in [0.5, 0.6) is 0 Å². The van der Waals surface area contributed by atoms with Crippen molar-refractivity contribution in [2.24, 2.45) is 0 Å². The maximum Gasteiger partial charge on any atom is 0.256 e. The fraction of sp³-hybridized carbons (Fsp3) is 0.125. The largest absolute Gasteiger partial charge is 0.380 e. The van der Waals surface area contributed by atoms with Gasteiger partial charge in [0.15, 0.2) is 0 Å². The van der Waals surface area contributed by atoms with Gasteiger partial charge < -0.3 is 10.1 Å². The van der Waals surface area contributed by atoms with Crippen LogP contribution in [0, 0.1) is 17.1 Å². The number of benzene rings is 2. The summed E-state index contributed by atoms with van der Waals surface area (Å²) in [6.45, 7) is 0.316. The van der Waals surface area contributed by atoms with Crippen LogP contribution in [0.3, 0.4) is 0 Å². The third kappa shape index (κ3) is 3.44. The molecule has 1 N–H and O–H groups in total. The number of nitrogens with one attached hydrogen (secondary N) is 1. The third-order valence-electron chi connectivity index (χ3n) is 2.91. The predicted octanol–water partition coefficient (Wildman–Crippen LogP) is 3.10. The summed E-state index contributed by atoms with van der Waals surface area (Å²) in [5, 5.41) is 11.4. The van der Waals surface area contributed by atoms with E-state index in [9.17, 15) is 9.18 Å². The van der Waals surface area contributed by atoms with Crippen molar-refractivity contribution in [3.63, 3.8) is 0 Å². The molecule has 0 aliphatic carbocycles. The van der Waals surface area contributed by atoms with Crippen LogP contribution in [0.2, 0.25) is 0 Å². The zero-order valence-corrected chi connectivity index (χ0v) is 11.4. The van der Waals surface area contributed by atoms with Gasteiger partial charge in [-0.1, -0.05) is 18.2 Å². The molecular weight excluding hydrogens is 271 g/mol. The van der Waals surface area contributed by atoms with Gasteiger partial charge in [-0.25, -0.2) is 4.39 Å². The molecular formula is C16H13FN2O2. The summed E-state index contributed by atoms with van der Waals surface area (Å²) in [6, 6.07) is 12.6. The first-order valence-corrected chi connectivity index (χ1v) is 6.23. The second-order valence-electron chi connectivity index (χ2n) is 4.35. The molecule has 0 spiro atoms. The zero-order chi connectivity index (χ0) is 15.2. The maximum atomic E-state index is 13.2. The first-order chi connectivity index (χ1) is 10.2. The lowest BCUT2D eigenvalue weighted by molar-refractivity contribution is 0.102. The minimum Gasteiger partial charge on any atom is -0.380 e. The number of methoxy groups -OCH3 is 1. The third-order valence-corrected chi connectivity index (χ3v) is 2.91. The van der Waals surface area contributed by atoms with Gasteiger partial charge in [-0.15, -0.1) is 0 Å². The summed E-state index contributed by atoms with van der Waals surface area (Å²) in [5.74, 6) is -0.951. The number of ether oxygens (including phenoxy) is 1. The van der Waals surface area contributed by atoms with E-state index in [2.05, 4.69) is 5.32 Å². The number of nitrogens with zero attached hydrogens (tertiary/aromatic N) is 1. The Labute approximate surface area is 121 Å². The number of rotatable bonds is 4. The van der Waals surface area contributed by atoms with Gasteiger partial charge in [0, 0.05) is 18.4 Å². The number of amides is 1. The highest BCUT2D eigenvalue weighted by Gasteiger charge is 2.12. The fourth-order valence-electron chi connectivity index (χ4n) is 1.91. The predicted molar refractivity (Wildman–Crippen MR) is 76.2 cm³/mol. The maximum absolute atomic E-state index is 13.2. The molecule has 0 saturated carbocycles. The Bertz CT molecular complexity index is 708. The number of carbonyl (C=O) groups is 1. The van der Waals surface area contributed by atoms with Gasteiger partial charge in [0.2, 0.25) is 0 Å². The average molecular weight is 284 g/mol. The molecule has 0 fully saturated rings. The molecule has 0 bridgehead atoms. The molecule has 4 nitrogen and oxygen atoms in total. The molecule has 0 saturated heterocycles. The van der Waals surface area contributed by atoms with Crippen molar-refractivity contribution in [3.8, 4) is 6.07 Å². The monoisotopic (exact) mass is 284 g/mol. The van der Waals surface area contributed by atoms with Crippen molar-refractivity contribution in [2.75, 3.05) is 12.4 Å². The lowest BCUT2D eigenvalue weighted by Crippen LogP contribution is -2.14. The Morgan fingerprint density at radius 1 is 1.33 bits per heavy atom. The van der Waals surface area contributed by atoms with E-state index in [-0.39, 0.29) is 11.5 Å². The quantitative estimate of drug-likeness (QED) is 0.938. The number of anilines is 1. The summed E-state index contributed by atoms with van der Waals surface area (Å²) in [7, 11) is 1.55. The van der Waals surface area contributed by atoms with Crippen LogP contribution in [-0.2, 0) is 11.3 Å². The summed E-state index contributed by atoms with van der Waals surface area (Å²) in [6.07, 6.45) is 0. The lowest BCUT2D eigenvalue weighted by Gasteiger charge is -2.10. The first-order valence-electron chi connectivity index (χ1n) is 6.23. The highest BCUT2D eigenvalue weighted by Crippen LogP contribution is 2.17. The van der Waals surface area contributed by atoms with Gasteiger partial charge in [-0.05, 0) is 29.8 Å². The smallest absolute Gasteiger partial charge is 0.256 e. The Kier molecular flexibility index (Phi) is 4.64. The van der Waals surface area contributed by atoms with Gasteiger partial charge in [0.25, 0.3) is 5.91 Å². The van der Waals surface area contributed by atoms with Crippen LogP contribution < -0.4 is 5.32 Å². The van der Waals surface area contributed by atoms with Crippen molar-refractivity contribution < 1.29 is 13.9 Å². The summed E-state index contributed by atoms with van der Waals surface area (Å²) >= 11 is 0. The van der Waals surface area contributed by atoms with Crippen LogP contribution in [0.15, 0.2) is 42.5 Å². The van der Waals surface area contributed by atoms with E-state index in [1.54, 1.807) is 31.4 Å². The molecule has 0 atom stereocenters. The fourth-order valence-corrected chi connectivity index (χ4v) is 1.91. The Hall–Kier alpha value is -2.71. The van der Waals surface area contributed by atoms with E-state index in [1.165, 1.54) is 12.1 Å². The Balaban J connectivity index is 2.24. The number of nitriles is 1. The number of carbonyl (C=O) groups excluding carboxylic acids is 1. The molecule has 5 heteroatoms. The Morgan fingerprint density at radius 2 is 2.10 bits per heavy atom. The van der Waals surface area contributed by atoms with Gasteiger partial charge in [-0.3, -0.25) is 4.79 Å². The average Bonchev–Trinajstić information content (AvgIpc) is 2.50. The van der Waals surface area contributed by atoms with E-state index >= 15 is 0 Å².